The lowest BCUT2D eigenvalue weighted by atomic mass is 9.87. The monoisotopic (exact) mass is 468 g/mol. The molecular weight excluding hydrogens is 436 g/mol. The Morgan fingerprint density at radius 1 is 0.882 bits per heavy atom. The van der Waals surface area contributed by atoms with Crippen LogP contribution in [0.1, 0.15) is 44.0 Å². The number of carbonyl (C=O) groups is 3. The smallest absolute Gasteiger partial charge is 0.410 e. The van der Waals surface area contributed by atoms with Crippen molar-refractivity contribution in [2.75, 3.05) is 27.3 Å². The van der Waals surface area contributed by atoms with E-state index in [1.54, 1.807) is 44.9 Å². The second kappa shape index (κ2) is 10.2. The Hall–Kier alpha value is -3.55. The number of nitrogens with zero attached hydrogens (tertiary/aromatic N) is 1. The molecule has 34 heavy (non-hydrogen) atoms. The van der Waals surface area contributed by atoms with Crippen LogP contribution in [0.2, 0.25) is 0 Å². The van der Waals surface area contributed by atoms with Crippen LogP contribution in [0.3, 0.4) is 0 Å². The van der Waals surface area contributed by atoms with Crippen molar-refractivity contribution in [3.8, 4) is 16.9 Å². The van der Waals surface area contributed by atoms with Crippen LogP contribution in [0, 0.1) is 0 Å². The van der Waals surface area contributed by atoms with Gasteiger partial charge in [-0.2, -0.15) is 0 Å². The Labute approximate surface area is 200 Å². The molecule has 8 nitrogen and oxygen atoms in total. The maximum Gasteiger partial charge on any atom is 0.410 e. The maximum absolute atomic E-state index is 13.0. The Morgan fingerprint density at radius 2 is 1.41 bits per heavy atom. The number of benzene rings is 2. The molecule has 0 bridgehead atoms. The molecule has 8 heteroatoms. The topological polar surface area (TPSA) is 94.2 Å². The number of amides is 2. The predicted octanol–water partition coefficient (Wildman–Crippen LogP) is 4.03. The Morgan fingerprint density at radius 3 is 1.88 bits per heavy atom. The van der Waals surface area contributed by atoms with E-state index in [0.717, 1.165) is 16.9 Å². The van der Waals surface area contributed by atoms with E-state index in [1.807, 2.05) is 36.4 Å². The van der Waals surface area contributed by atoms with Crippen LogP contribution in [0.25, 0.3) is 11.1 Å². The number of nitrogens with one attached hydrogen (secondary N) is 1. The summed E-state index contributed by atoms with van der Waals surface area (Å²) in [6.45, 7) is 5.93. The number of ether oxygens (including phenoxy) is 3. The summed E-state index contributed by atoms with van der Waals surface area (Å²) in [5, 5.41) is 2.87. The molecule has 0 atom stereocenters. The van der Waals surface area contributed by atoms with Gasteiger partial charge in [-0.15, -0.1) is 0 Å². The molecular formula is C26H32N2O6. The summed E-state index contributed by atoms with van der Waals surface area (Å²) in [5.74, 6) is -0.137. The van der Waals surface area contributed by atoms with E-state index in [1.165, 1.54) is 7.11 Å². The average Bonchev–Trinajstić information content (AvgIpc) is 2.83. The highest BCUT2D eigenvalue weighted by Crippen LogP contribution is 2.27. The molecule has 182 valence electrons. The van der Waals surface area contributed by atoms with Gasteiger partial charge in [-0.1, -0.05) is 24.3 Å². The summed E-state index contributed by atoms with van der Waals surface area (Å²) in [4.78, 5) is 39.6. The normalized spacial score (nSPS) is 15.3. The molecule has 0 radical (unpaired) electrons. The average molecular weight is 469 g/mol. The lowest BCUT2D eigenvalue weighted by Gasteiger charge is -2.40. The number of esters is 1. The molecule has 0 unspecified atom stereocenters. The number of piperidine rings is 1. The molecule has 3 rings (SSSR count). The van der Waals surface area contributed by atoms with Gasteiger partial charge in [0.25, 0.3) is 5.91 Å². The predicted molar refractivity (Wildman–Crippen MR) is 128 cm³/mol. The van der Waals surface area contributed by atoms with Crippen molar-refractivity contribution >= 4 is 18.0 Å². The minimum absolute atomic E-state index is 0.231. The number of rotatable bonds is 5. The molecule has 2 aromatic carbocycles. The molecule has 0 aromatic heterocycles. The van der Waals surface area contributed by atoms with Gasteiger partial charge in [0.1, 0.15) is 16.9 Å². The fraction of sp³-hybridized carbons (Fsp3) is 0.423. The number of likely N-dealkylation sites (tertiary alicyclic amines) is 1. The van der Waals surface area contributed by atoms with Crippen LogP contribution in [0.4, 0.5) is 4.79 Å². The molecule has 1 aliphatic heterocycles. The summed E-state index contributed by atoms with van der Waals surface area (Å²) in [5.41, 5.74) is 0.551. The van der Waals surface area contributed by atoms with E-state index in [0.29, 0.717) is 5.56 Å². The minimum Gasteiger partial charge on any atom is -0.497 e. The SMILES string of the molecule is COC(=O)C1(NC(=O)c2ccc(-c3ccc(OC)cc3)cc2)CCN(C(=O)OC(C)(C)C)CC1. The second-order valence-corrected chi connectivity index (χ2v) is 9.30. The van der Waals surface area contributed by atoms with Crippen molar-refractivity contribution in [1.82, 2.24) is 10.2 Å². The van der Waals surface area contributed by atoms with E-state index < -0.39 is 23.2 Å². The van der Waals surface area contributed by atoms with Crippen LogP contribution >= 0.6 is 0 Å². The van der Waals surface area contributed by atoms with Crippen molar-refractivity contribution in [2.45, 2.75) is 44.8 Å². The molecule has 1 heterocycles. The zero-order valence-corrected chi connectivity index (χ0v) is 20.3. The first-order valence-electron chi connectivity index (χ1n) is 11.2. The maximum atomic E-state index is 13.0. The van der Waals surface area contributed by atoms with E-state index in [9.17, 15) is 14.4 Å². The summed E-state index contributed by atoms with van der Waals surface area (Å²) >= 11 is 0. The summed E-state index contributed by atoms with van der Waals surface area (Å²) in [6, 6.07) is 14.8. The molecule has 1 saturated heterocycles. The van der Waals surface area contributed by atoms with Crippen molar-refractivity contribution in [2.24, 2.45) is 0 Å². The van der Waals surface area contributed by atoms with Crippen LogP contribution in [0.5, 0.6) is 5.75 Å². The van der Waals surface area contributed by atoms with Crippen LogP contribution in [-0.4, -0.2) is 61.3 Å². The molecule has 2 amide bonds. The Balaban J connectivity index is 1.70. The van der Waals surface area contributed by atoms with Crippen LogP contribution < -0.4 is 10.1 Å². The fourth-order valence-electron chi connectivity index (χ4n) is 3.86. The van der Waals surface area contributed by atoms with E-state index >= 15 is 0 Å². The van der Waals surface area contributed by atoms with Gasteiger partial charge in [0.15, 0.2) is 0 Å². The van der Waals surface area contributed by atoms with Gasteiger partial charge in [0.2, 0.25) is 0 Å². The molecule has 1 aliphatic rings. The third-order valence-electron chi connectivity index (χ3n) is 5.77. The first kappa shape index (κ1) is 25.1. The molecule has 1 fully saturated rings. The quantitative estimate of drug-likeness (QED) is 0.666. The number of hydrogen-bond acceptors (Lipinski definition) is 6. The molecule has 0 saturated carbocycles. The molecule has 1 N–H and O–H groups in total. The molecule has 0 spiro atoms. The van der Waals surface area contributed by atoms with E-state index in [2.05, 4.69) is 5.32 Å². The third kappa shape index (κ3) is 5.87. The van der Waals surface area contributed by atoms with Gasteiger partial charge in [-0.25, -0.2) is 9.59 Å². The van der Waals surface area contributed by atoms with Gasteiger partial charge in [0.05, 0.1) is 14.2 Å². The molecule has 0 aliphatic carbocycles. The minimum atomic E-state index is -1.21. The lowest BCUT2D eigenvalue weighted by molar-refractivity contribution is -0.150. The van der Waals surface area contributed by atoms with E-state index in [-0.39, 0.29) is 31.8 Å². The van der Waals surface area contributed by atoms with Gasteiger partial charge in [-0.3, -0.25) is 4.79 Å². The second-order valence-electron chi connectivity index (χ2n) is 9.30. The summed E-state index contributed by atoms with van der Waals surface area (Å²) in [7, 11) is 2.91. The van der Waals surface area contributed by atoms with Crippen molar-refractivity contribution in [1.29, 1.82) is 0 Å². The van der Waals surface area contributed by atoms with E-state index in [4.69, 9.17) is 14.2 Å². The Bertz CT molecular complexity index is 1020. The number of carbonyl (C=O) groups excluding carboxylic acids is 3. The van der Waals surface area contributed by atoms with Crippen LogP contribution in [0.15, 0.2) is 48.5 Å². The molecule has 2 aromatic rings. The van der Waals surface area contributed by atoms with Crippen molar-refractivity contribution in [3.05, 3.63) is 54.1 Å². The Kier molecular flexibility index (Phi) is 7.49. The zero-order valence-electron chi connectivity index (χ0n) is 20.3. The third-order valence-corrected chi connectivity index (χ3v) is 5.77. The summed E-state index contributed by atoms with van der Waals surface area (Å²) in [6.07, 6.45) is 0.0230. The lowest BCUT2D eigenvalue weighted by Crippen LogP contribution is -2.61. The fourth-order valence-corrected chi connectivity index (χ4v) is 3.86. The highest BCUT2D eigenvalue weighted by Gasteiger charge is 2.45. The highest BCUT2D eigenvalue weighted by molar-refractivity contribution is 5.98. The van der Waals surface area contributed by atoms with Crippen LogP contribution in [-0.2, 0) is 14.3 Å². The largest absolute Gasteiger partial charge is 0.497 e. The van der Waals surface area contributed by atoms with Gasteiger partial charge < -0.3 is 24.4 Å². The number of hydrogen-bond donors (Lipinski definition) is 1. The van der Waals surface area contributed by atoms with Gasteiger partial charge in [-0.05, 0) is 69.0 Å². The number of methoxy groups -OCH3 is 2. The van der Waals surface area contributed by atoms with Gasteiger partial charge >= 0.3 is 12.1 Å². The first-order chi connectivity index (χ1) is 16.1. The summed E-state index contributed by atoms with van der Waals surface area (Å²) < 4.78 is 15.6. The van der Waals surface area contributed by atoms with Gasteiger partial charge in [0, 0.05) is 18.7 Å². The zero-order chi connectivity index (χ0) is 24.9. The highest BCUT2D eigenvalue weighted by atomic mass is 16.6. The first-order valence-corrected chi connectivity index (χ1v) is 11.2. The van der Waals surface area contributed by atoms with Crippen molar-refractivity contribution < 1.29 is 28.6 Å². The standard InChI is InChI=1S/C26H32N2O6/c1-25(2,3)34-24(31)28-16-14-26(15-17-28,23(30)33-5)27-22(29)20-8-6-18(7-9-20)19-10-12-21(32-4)13-11-19/h6-13H,14-17H2,1-5H3,(H,27,29). The van der Waals surface area contributed by atoms with Crippen molar-refractivity contribution in [3.63, 3.8) is 0 Å².